The Kier molecular flexibility index (Phi) is 3.37. The maximum Gasteiger partial charge on any atom is 0.227 e. The van der Waals surface area contributed by atoms with Crippen molar-refractivity contribution in [1.82, 2.24) is 0 Å². The highest BCUT2D eigenvalue weighted by Crippen LogP contribution is 2.48. The molecule has 1 aromatic rings. The average Bonchev–Trinajstić information content (AvgIpc) is 2.94. The van der Waals surface area contributed by atoms with Crippen LogP contribution in [0.2, 0.25) is 5.02 Å². The molecule has 1 aromatic carbocycles. The van der Waals surface area contributed by atoms with Crippen molar-refractivity contribution in [3.8, 4) is 0 Å². The summed E-state index contributed by atoms with van der Waals surface area (Å²) in [6, 6.07) is 5.44. The van der Waals surface area contributed by atoms with Gasteiger partial charge in [0.05, 0.1) is 5.69 Å². The first-order chi connectivity index (χ1) is 8.63. The second-order valence-corrected chi connectivity index (χ2v) is 6.69. The van der Waals surface area contributed by atoms with Crippen LogP contribution < -0.4 is 5.32 Å². The van der Waals surface area contributed by atoms with E-state index in [2.05, 4.69) is 21.2 Å². The third kappa shape index (κ3) is 2.30. The molecule has 2 fully saturated rings. The number of hydrogen-bond donors (Lipinski definition) is 1. The monoisotopic (exact) mass is 327 g/mol. The largest absolute Gasteiger partial charge is 0.325 e. The van der Waals surface area contributed by atoms with E-state index in [0.717, 1.165) is 22.5 Å². The van der Waals surface area contributed by atoms with Crippen molar-refractivity contribution in [1.29, 1.82) is 0 Å². The summed E-state index contributed by atoms with van der Waals surface area (Å²) in [5, 5.41) is 3.69. The Balaban J connectivity index is 1.71. The molecule has 0 aromatic heterocycles. The van der Waals surface area contributed by atoms with Gasteiger partial charge in [-0.15, -0.1) is 0 Å². The van der Waals surface area contributed by atoms with Crippen LogP contribution in [0.15, 0.2) is 22.7 Å². The lowest BCUT2D eigenvalue weighted by atomic mass is 9.88. The highest BCUT2D eigenvalue weighted by Gasteiger charge is 2.43. The second-order valence-electron chi connectivity index (χ2n) is 5.39. The number of amides is 1. The molecular weight excluding hydrogens is 314 g/mol. The molecule has 2 aliphatic carbocycles. The summed E-state index contributed by atoms with van der Waals surface area (Å²) in [5.41, 5.74) is 0.812. The van der Waals surface area contributed by atoms with Crippen LogP contribution >= 0.6 is 27.5 Å². The van der Waals surface area contributed by atoms with Crippen molar-refractivity contribution in [2.24, 2.45) is 17.8 Å². The first kappa shape index (κ1) is 12.5. The molecule has 0 aliphatic heterocycles. The van der Waals surface area contributed by atoms with Crippen molar-refractivity contribution in [2.45, 2.75) is 25.7 Å². The third-order valence-corrected chi connectivity index (χ3v) is 5.16. The molecule has 18 heavy (non-hydrogen) atoms. The van der Waals surface area contributed by atoms with Crippen molar-refractivity contribution in [3.05, 3.63) is 27.7 Å². The van der Waals surface area contributed by atoms with Crippen LogP contribution in [-0.4, -0.2) is 5.91 Å². The fraction of sp³-hybridized carbons (Fsp3) is 0.500. The summed E-state index contributed by atoms with van der Waals surface area (Å²) in [7, 11) is 0. The van der Waals surface area contributed by atoms with E-state index in [4.69, 9.17) is 11.6 Å². The minimum atomic E-state index is 0.172. The van der Waals surface area contributed by atoms with E-state index < -0.39 is 0 Å². The Morgan fingerprint density at radius 1 is 1.33 bits per heavy atom. The van der Waals surface area contributed by atoms with Gasteiger partial charge in [0, 0.05) is 15.4 Å². The normalized spacial score (nSPS) is 29.6. The molecule has 2 aliphatic rings. The fourth-order valence-corrected chi connectivity index (χ4v) is 4.16. The number of benzene rings is 1. The number of rotatable bonds is 2. The number of hydrogen-bond acceptors (Lipinski definition) is 1. The van der Waals surface area contributed by atoms with Crippen molar-refractivity contribution in [3.63, 3.8) is 0 Å². The van der Waals surface area contributed by atoms with Crippen LogP contribution in [0.25, 0.3) is 0 Å². The smallest absolute Gasteiger partial charge is 0.227 e. The van der Waals surface area contributed by atoms with E-state index in [0.29, 0.717) is 10.9 Å². The van der Waals surface area contributed by atoms with Crippen LogP contribution in [0.4, 0.5) is 5.69 Å². The average molecular weight is 329 g/mol. The summed E-state index contributed by atoms with van der Waals surface area (Å²) in [6.45, 7) is 0. The Morgan fingerprint density at radius 3 is 2.78 bits per heavy atom. The molecule has 4 heteroatoms. The lowest BCUT2D eigenvalue weighted by Gasteiger charge is -2.21. The number of carbonyl (C=O) groups is 1. The Hall–Kier alpha value is -0.540. The van der Waals surface area contributed by atoms with Gasteiger partial charge >= 0.3 is 0 Å². The molecule has 3 atom stereocenters. The highest BCUT2D eigenvalue weighted by atomic mass is 79.9. The van der Waals surface area contributed by atoms with Crippen LogP contribution in [-0.2, 0) is 4.79 Å². The Morgan fingerprint density at radius 2 is 2.17 bits per heavy atom. The predicted octanol–water partition coefficient (Wildman–Crippen LogP) is 4.48. The highest BCUT2D eigenvalue weighted by molar-refractivity contribution is 9.10. The number of fused-ring (bicyclic) bond motifs is 2. The van der Waals surface area contributed by atoms with Gasteiger partial charge in [0.25, 0.3) is 0 Å². The van der Waals surface area contributed by atoms with Gasteiger partial charge in [-0.2, -0.15) is 0 Å². The quantitative estimate of drug-likeness (QED) is 0.852. The SMILES string of the molecule is O=C(Nc1ccc(Cl)cc1Br)C1CC2CCC1C2. The summed E-state index contributed by atoms with van der Waals surface area (Å²) in [5.74, 6) is 1.79. The minimum absolute atomic E-state index is 0.172. The van der Waals surface area contributed by atoms with Crippen LogP contribution in [0.3, 0.4) is 0 Å². The summed E-state index contributed by atoms with van der Waals surface area (Å²) >= 11 is 9.32. The molecule has 0 spiro atoms. The minimum Gasteiger partial charge on any atom is -0.325 e. The van der Waals surface area contributed by atoms with E-state index in [1.54, 1.807) is 12.1 Å². The lowest BCUT2D eigenvalue weighted by molar-refractivity contribution is -0.121. The number of anilines is 1. The fourth-order valence-electron chi connectivity index (χ4n) is 3.38. The van der Waals surface area contributed by atoms with Crippen molar-refractivity contribution in [2.75, 3.05) is 5.32 Å². The molecule has 2 nitrogen and oxygen atoms in total. The van der Waals surface area contributed by atoms with Crippen molar-refractivity contribution < 1.29 is 4.79 Å². The number of halogens is 2. The maximum atomic E-state index is 12.3. The van der Waals surface area contributed by atoms with Crippen LogP contribution in [0.5, 0.6) is 0 Å². The number of carbonyl (C=O) groups excluding carboxylic acids is 1. The molecule has 0 radical (unpaired) electrons. The van der Waals surface area contributed by atoms with E-state index in [1.807, 2.05) is 6.07 Å². The van der Waals surface area contributed by atoms with E-state index in [-0.39, 0.29) is 11.8 Å². The summed E-state index contributed by atoms with van der Waals surface area (Å²) < 4.78 is 0.839. The first-order valence-corrected chi connectivity index (χ1v) is 7.56. The van der Waals surface area contributed by atoms with Gasteiger partial charge in [0.2, 0.25) is 5.91 Å². The van der Waals surface area contributed by atoms with Gasteiger partial charge in [-0.25, -0.2) is 0 Å². The molecular formula is C14H15BrClNO. The molecule has 3 rings (SSSR count). The van der Waals surface area contributed by atoms with E-state index in [9.17, 15) is 4.79 Å². The summed E-state index contributed by atoms with van der Waals surface area (Å²) in [6.07, 6.45) is 4.87. The molecule has 1 N–H and O–H groups in total. The molecule has 2 bridgehead atoms. The second kappa shape index (κ2) is 4.86. The van der Waals surface area contributed by atoms with Gasteiger partial charge in [0.1, 0.15) is 0 Å². The van der Waals surface area contributed by atoms with Crippen LogP contribution in [0.1, 0.15) is 25.7 Å². The van der Waals surface area contributed by atoms with Gasteiger partial charge < -0.3 is 5.32 Å². The van der Waals surface area contributed by atoms with Gasteiger partial charge in [-0.3, -0.25) is 4.79 Å². The first-order valence-electron chi connectivity index (χ1n) is 6.39. The zero-order chi connectivity index (χ0) is 12.7. The van der Waals surface area contributed by atoms with E-state index >= 15 is 0 Å². The standard InChI is InChI=1S/C14H15BrClNO/c15-12-7-10(16)3-4-13(12)17-14(18)11-6-8-1-2-9(11)5-8/h3-4,7-9,11H,1-2,5-6H2,(H,17,18). The molecule has 1 amide bonds. The third-order valence-electron chi connectivity index (χ3n) is 4.26. The van der Waals surface area contributed by atoms with Crippen LogP contribution in [0, 0.1) is 17.8 Å². The van der Waals surface area contributed by atoms with Crippen molar-refractivity contribution >= 4 is 39.1 Å². The molecule has 3 unspecified atom stereocenters. The van der Waals surface area contributed by atoms with Gasteiger partial charge in [-0.1, -0.05) is 18.0 Å². The molecule has 96 valence electrons. The zero-order valence-corrected chi connectivity index (χ0v) is 12.3. The van der Waals surface area contributed by atoms with E-state index in [1.165, 1.54) is 19.3 Å². The maximum absolute atomic E-state index is 12.3. The number of nitrogens with one attached hydrogen (secondary N) is 1. The topological polar surface area (TPSA) is 29.1 Å². The van der Waals surface area contributed by atoms with Gasteiger partial charge in [0.15, 0.2) is 0 Å². The molecule has 2 saturated carbocycles. The molecule has 0 heterocycles. The summed E-state index contributed by atoms with van der Waals surface area (Å²) in [4.78, 5) is 12.3. The Bertz CT molecular complexity index is 491. The molecule has 0 saturated heterocycles. The lowest BCUT2D eigenvalue weighted by Crippen LogP contribution is -2.27. The zero-order valence-electron chi connectivity index (χ0n) is 9.96. The predicted molar refractivity (Wildman–Crippen MR) is 76.7 cm³/mol. The van der Waals surface area contributed by atoms with Gasteiger partial charge in [-0.05, 0) is 65.2 Å². The Labute approximate surface area is 120 Å².